The maximum Gasteiger partial charge on any atom is 0.253 e. The number of rotatable bonds is 8. The molecule has 7 nitrogen and oxygen atoms in total. The van der Waals surface area contributed by atoms with E-state index < -0.39 is 0 Å². The molecule has 0 aliphatic heterocycles. The number of aliphatic imine (C=N–C) groups is 1. The molecule has 0 aromatic heterocycles. The third-order valence-corrected chi connectivity index (χ3v) is 3.75. The van der Waals surface area contributed by atoms with Crippen molar-refractivity contribution in [1.29, 1.82) is 0 Å². The second kappa shape index (κ2) is 11.1. The average molecular weight is 361 g/mol. The van der Waals surface area contributed by atoms with Gasteiger partial charge in [-0.2, -0.15) is 0 Å². The van der Waals surface area contributed by atoms with Gasteiger partial charge < -0.3 is 20.9 Å². The Morgan fingerprint density at radius 3 is 2.35 bits per heavy atom. The van der Waals surface area contributed by atoms with Gasteiger partial charge in [-0.1, -0.05) is 26.0 Å². The number of hydrogen-bond donors (Lipinski definition) is 3. The van der Waals surface area contributed by atoms with E-state index in [4.69, 9.17) is 0 Å². The zero-order valence-corrected chi connectivity index (χ0v) is 16.4. The highest BCUT2D eigenvalue weighted by molar-refractivity contribution is 5.94. The van der Waals surface area contributed by atoms with Gasteiger partial charge in [-0.05, 0) is 24.1 Å². The maximum absolute atomic E-state index is 12.0. The predicted molar refractivity (Wildman–Crippen MR) is 105 cm³/mol. The molecule has 2 amide bonds. The van der Waals surface area contributed by atoms with Crippen LogP contribution in [0.25, 0.3) is 0 Å². The molecule has 0 spiro atoms. The van der Waals surface area contributed by atoms with Gasteiger partial charge in [0.2, 0.25) is 5.91 Å². The van der Waals surface area contributed by atoms with Gasteiger partial charge in [-0.3, -0.25) is 14.6 Å². The maximum atomic E-state index is 12.0. The third kappa shape index (κ3) is 7.55. The van der Waals surface area contributed by atoms with Gasteiger partial charge in [0.25, 0.3) is 5.91 Å². The zero-order valence-electron chi connectivity index (χ0n) is 16.4. The molecule has 0 fully saturated rings. The zero-order chi connectivity index (χ0) is 19.5. The minimum absolute atomic E-state index is 0.000676. The van der Waals surface area contributed by atoms with E-state index in [0.717, 1.165) is 12.0 Å². The lowest BCUT2D eigenvalue weighted by molar-refractivity contribution is -0.123. The summed E-state index contributed by atoms with van der Waals surface area (Å²) < 4.78 is 0. The van der Waals surface area contributed by atoms with Gasteiger partial charge in [0, 0.05) is 52.3 Å². The van der Waals surface area contributed by atoms with Crippen LogP contribution in [0.1, 0.15) is 29.8 Å². The molecule has 26 heavy (non-hydrogen) atoms. The summed E-state index contributed by atoms with van der Waals surface area (Å²) in [5, 5.41) is 9.24. The Bertz CT molecular complexity index is 626. The van der Waals surface area contributed by atoms with Gasteiger partial charge in [0.1, 0.15) is 0 Å². The van der Waals surface area contributed by atoms with Gasteiger partial charge in [-0.25, -0.2) is 0 Å². The first kappa shape index (κ1) is 21.5. The normalized spacial score (nSPS) is 11.2. The monoisotopic (exact) mass is 361 g/mol. The molecule has 0 saturated heterocycles. The molecule has 0 heterocycles. The van der Waals surface area contributed by atoms with Crippen LogP contribution in [-0.4, -0.2) is 63.5 Å². The number of nitrogens with zero attached hydrogens (tertiary/aromatic N) is 2. The highest BCUT2D eigenvalue weighted by atomic mass is 16.2. The Kier molecular flexibility index (Phi) is 9.19. The summed E-state index contributed by atoms with van der Waals surface area (Å²) in [6.45, 7) is 5.57. The summed E-state index contributed by atoms with van der Waals surface area (Å²) in [4.78, 5) is 29.2. The number of benzene rings is 1. The van der Waals surface area contributed by atoms with Crippen LogP contribution in [0.4, 0.5) is 0 Å². The van der Waals surface area contributed by atoms with Gasteiger partial charge in [0.15, 0.2) is 5.96 Å². The van der Waals surface area contributed by atoms with Crippen molar-refractivity contribution in [2.24, 2.45) is 10.9 Å². The molecule has 1 aromatic rings. The van der Waals surface area contributed by atoms with Crippen LogP contribution in [-0.2, 0) is 11.2 Å². The highest BCUT2D eigenvalue weighted by Crippen LogP contribution is 2.07. The molecule has 7 heteroatoms. The number of guanidine groups is 1. The van der Waals surface area contributed by atoms with Crippen molar-refractivity contribution >= 4 is 17.8 Å². The Morgan fingerprint density at radius 1 is 1.08 bits per heavy atom. The lowest BCUT2D eigenvalue weighted by Gasteiger charge is -2.14. The van der Waals surface area contributed by atoms with Crippen molar-refractivity contribution in [3.05, 3.63) is 35.4 Å². The fourth-order valence-electron chi connectivity index (χ4n) is 2.23. The Hall–Kier alpha value is -2.57. The lowest BCUT2D eigenvalue weighted by Crippen LogP contribution is -2.42. The van der Waals surface area contributed by atoms with Crippen LogP contribution >= 0.6 is 0 Å². The molecule has 3 N–H and O–H groups in total. The van der Waals surface area contributed by atoms with Crippen molar-refractivity contribution in [3.63, 3.8) is 0 Å². The molecule has 1 rings (SSSR count). The van der Waals surface area contributed by atoms with E-state index in [1.54, 1.807) is 26.0 Å². The van der Waals surface area contributed by atoms with Gasteiger partial charge in [0.05, 0.1) is 0 Å². The second-order valence-electron chi connectivity index (χ2n) is 6.52. The average Bonchev–Trinajstić information content (AvgIpc) is 2.62. The van der Waals surface area contributed by atoms with Crippen molar-refractivity contribution in [1.82, 2.24) is 20.9 Å². The van der Waals surface area contributed by atoms with Crippen molar-refractivity contribution in [3.8, 4) is 0 Å². The molecule has 1 aromatic carbocycles. The van der Waals surface area contributed by atoms with Crippen LogP contribution in [0.15, 0.2) is 29.3 Å². The Labute approximate surface area is 156 Å². The minimum Gasteiger partial charge on any atom is -0.356 e. The molecule has 0 aliphatic rings. The van der Waals surface area contributed by atoms with E-state index in [-0.39, 0.29) is 17.7 Å². The number of nitrogens with one attached hydrogen (secondary N) is 3. The van der Waals surface area contributed by atoms with E-state index in [1.165, 1.54) is 0 Å². The number of carbonyl (C=O) groups is 2. The van der Waals surface area contributed by atoms with Crippen LogP contribution in [0.2, 0.25) is 0 Å². The van der Waals surface area contributed by atoms with Crippen molar-refractivity contribution < 1.29 is 9.59 Å². The molecule has 0 atom stereocenters. The number of amides is 2. The first-order chi connectivity index (χ1) is 12.3. The summed E-state index contributed by atoms with van der Waals surface area (Å²) in [7, 11) is 5.20. The quantitative estimate of drug-likeness (QED) is 0.364. The summed E-state index contributed by atoms with van der Waals surface area (Å²) in [6.07, 6.45) is 0.777. The van der Waals surface area contributed by atoms with Crippen LogP contribution < -0.4 is 16.0 Å². The highest BCUT2D eigenvalue weighted by Gasteiger charge is 2.08. The molecular formula is C19H31N5O2. The molecule has 0 aliphatic carbocycles. The fraction of sp³-hybridized carbons (Fsp3) is 0.526. The molecular weight excluding hydrogens is 330 g/mol. The fourth-order valence-corrected chi connectivity index (χ4v) is 2.23. The molecule has 0 unspecified atom stereocenters. The lowest BCUT2D eigenvalue weighted by atomic mass is 10.1. The first-order valence-corrected chi connectivity index (χ1v) is 8.88. The van der Waals surface area contributed by atoms with E-state index in [2.05, 4.69) is 20.9 Å². The van der Waals surface area contributed by atoms with E-state index in [0.29, 0.717) is 31.2 Å². The molecule has 0 saturated carbocycles. The summed E-state index contributed by atoms with van der Waals surface area (Å²) in [5.74, 6) is 0.717. The largest absolute Gasteiger partial charge is 0.356 e. The second-order valence-corrected chi connectivity index (χ2v) is 6.52. The van der Waals surface area contributed by atoms with Gasteiger partial charge in [-0.15, -0.1) is 0 Å². The summed E-state index contributed by atoms with van der Waals surface area (Å²) in [5.41, 5.74) is 1.78. The molecule has 0 bridgehead atoms. The topological polar surface area (TPSA) is 85.8 Å². The number of carbonyl (C=O) groups excluding carboxylic acids is 2. The van der Waals surface area contributed by atoms with Crippen molar-refractivity contribution in [2.45, 2.75) is 20.3 Å². The standard InChI is InChI=1S/C19H31N5O2/c1-14(2)17(25)21-11-12-23-19(20-3)22-10-9-15-7-6-8-16(13-15)18(26)24(4)5/h6-8,13-14H,9-12H2,1-5H3,(H,21,25)(H2,20,22,23). The van der Waals surface area contributed by atoms with E-state index >= 15 is 0 Å². The SMILES string of the molecule is CN=C(NCCNC(=O)C(C)C)NCCc1cccc(C(=O)N(C)C)c1. The van der Waals surface area contributed by atoms with Crippen LogP contribution in [0.5, 0.6) is 0 Å². The summed E-state index contributed by atoms with van der Waals surface area (Å²) in [6, 6.07) is 7.65. The third-order valence-electron chi connectivity index (χ3n) is 3.75. The van der Waals surface area contributed by atoms with Crippen molar-refractivity contribution in [2.75, 3.05) is 40.8 Å². The number of hydrogen-bond acceptors (Lipinski definition) is 3. The Balaban J connectivity index is 2.38. The molecule has 0 radical (unpaired) electrons. The van der Waals surface area contributed by atoms with Gasteiger partial charge >= 0.3 is 0 Å². The first-order valence-electron chi connectivity index (χ1n) is 8.88. The molecule has 144 valence electrons. The smallest absolute Gasteiger partial charge is 0.253 e. The summed E-state index contributed by atoms with van der Waals surface area (Å²) >= 11 is 0. The van der Waals surface area contributed by atoms with E-state index in [9.17, 15) is 9.59 Å². The predicted octanol–water partition coefficient (Wildman–Crippen LogP) is 0.868. The van der Waals surface area contributed by atoms with Crippen LogP contribution in [0.3, 0.4) is 0 Å². The minimum atomic E-state index is -0.0115. The van der Waals surface area contributed by atoms with Crippen LogP contribution in [0, 0.1) is 5.92 Å². The Morgan fingerprint density at radius 2 is 1.73 bits per heavy atom. The van der Waals surface area contributed by atoms with E-state index in [1.807, 2.05) is 38.1 Å².